The Kier molecular flexibility index (Phi) is 7.62. The van der Waals surface area contributed by atoms with Crippen LogP contribution < -0.4 is 5.11 Å². The number of halogens is 1. The first-order chi connectivity index (χ1) is 16.9. The summed E-state index contributed by atoms with van der Waals surface area (Å²) in [5, 5.41) is 21.5. The van der Waals surface area contributed by atoms with Crippen molar-refractivity contribution < 1.29 is 19.4 Å². The van der Waals surface area contributed by atoms with Crippen LogP contribution in [0.4, 0.5) is 4.39 Å². The van der Waals surface area contributed by atoms with E-state index >= 15 is 0 Å². The van der Waals surface area contributed by atoms with Crippen LogP contribution in [0.2, 0.25) is 0 Å². The molecule has 7 nitrogen and oxygen atoms in total. The molecule has 0 fully saturated rings. The van der Waals surface area contributed by atoms with Gasteiger partial charge in [0, 0.05) is 29.8 Å². The first kappa shape index (κ1) is 24.2. The van der Waals surface area contributed by atoms with Gasteiger partial charge in [-0.1, -0.05) is 37.3 Å². The molecule has 4 rings (SSSR count). The van der Waals surface area contributed by atoms with Crippen LogP contribution in [-0.2, 0) is 11.3 Å². The smallest absolute Gasteiger partial charge is 0.141 e. The van der Waals surface area contributed by atoms with Gasteiger partial charge in [-0.2, -0.15) is 0 Å². The van der Waals surface area contributed by atoms with E-state index in [-0.39, 0.29) is 18.2 Å². The van der Waals surface area contributed by atoms with Crippen LogP contribution in [0, 0.1) is 11.7 Å². The van der Waals surface area contributed by atoms with Crippen molar-refractivity contribution in [2.45, 2.75) is 38.8 Å². The van der Waals surface area contributed by atoms with Gasteiger partial charge in [-0.15, -0.1) is 0 Å². The van der Waals surface area contributed by atoms with Crippen molar-refractivity contribution in [3.8, 4) is 34.0 Å². The normalized spacial score (nSPS) is 12.9. The van der Waals surface area contributed by atoms with E-state index in [1.54, 1.807) is 31.3 Å². The molecule has 0 bridgehead atoms. The summed E-state index contributed by atoms with van der Waals surface area (Å²) < 4.78 is 15.7. The summed E-state index contributed by atoms with van der Waals surface area (Å²) in [4.78, 5) is 24.3. The number of carboxylic acid groups (broad SMARTS) is 1. The highest BCUT2D eigenvalue weighted by Crippen LogP contribution is 2.36. The monoisotopic (exact) mass is 473 g/mol. The predicted molar refractivity (Wildman–Crippen MR) is 128 cm³/mol. The molecule has 0 spiro atoms. The van der Waals surface area contributed by atoms with Crippen molar-refractivity contribution in [2.75, 3.05) is 0 Å². The predicted octanol–water partition coefficient (Wildman–Crippen LogP) is 3.73. The van der Waals surface area contributed by atoms with E-state index in [4.69, 9.17) is 4.98 Å². The van der Waals surface area contributed by atoms with Crippen molar-refractivity contribution in [3.63, 3.8) is 0 Å². The number of aromatic nitrogens is 4. The Labute approximate surface area is 203 Å². The topological polar surface area (TPSA) is 104 Å². The fourth-order valence-electron chi connectivity index (χ4n) is 4.21. The first-order valence-corrected chi connectivity index (χ1v) is 11.5. The number of aliphatic hydroxyl groups excluding tert-OH is 1. The highest BCUT2D eigenvalue weighted by Gasteiger charge is 2.23. The van der Waals surface area contributed by atoms with E-state index in [2.05, 4.69) is 9.97 Å². The summed E-state index contributed by atoms with van der Waals surface area (Å²) in [7, 11) is 0. The number of rotatable bonds is 10. The van der Waals surface area contributed by atoms with E-state index in [0.29, 0.717) is 36.6 Å². The summed E-state index contributed by atoms with van der Waals surface area (Å²) in [6.45, 7) is 2.20. The van der Waals surface area contributed by atoms with E-state index in [1.165, 1.54) is 18.5 Å². The Morgan fingerprint density at radius 3 is 2.49 bits per heavy atom. The molecule has 4 aromatic rings. The molecule has 2 atom stereocenters. The van der Waals surface area contributed by atoms with Crippen LogP contribution >= 0.6 is 0 Å². The Hall–Kier alpha value is -3.91. The number of hydrogen-bond donors (Lipinski definition) is 1. The van der Waals surface area contributed by atoms with Gasteiger partial charge in [0.15, 0.2) is 0 Å². The first-order valence-electron chi connectivity index (χ1n) is 11.5. The van der Waals surface area contributed by atoms with Gasteiger partial charge in [0.2, 0.25) is 0 Å². The molecule has 0 amide bonds. The number of aliphatic hydroxyl groups is 1. The SMILES string of the molecule is C[C@@H](CC(=O)[O-])C[C@H](O)CCn1c(-c2ccccc2)nc(-c2ccc(F)cc2)c1-c1ccncn1. The molecule has 0 aliphatic rings. The molecule has 0 saturated carbocycles. The standard InChI is InChI=1S/C27H27FN4O3/c1-18(16-24(34)35)15-22(33)12-14-32-26(23-11-13-29-17-30-23)25(19-7-9-21(28)10-8-19)31-27(32)20-5-3-2-4-6-20/h2-11,13,17-18,22,33H,12,14-16H2,1H3,(H,34,35)/p-1/t18-,22-/m1/s1. The Morgan fingerprint density at radius 2 is 1.83 bits per heavy atom. The number of aliphatic carboxylic acids is 1. The van der Waals surface area contributed by atoms with Gasteiger partial charge >= 0.3 is 0 Å². The molecule has 8 heteroatoms. The number of carboxylic acids is 1. The van der Waals surface area contributed by atoms with Gasteiger partial charge in [0.05, 0.1) is 23.2 Å². The van der Waals surface area contributed by atoms with Crippen molar-refractivity contribution in [1.29, 1.82) is 0 Å². The Morgan fingerprint density at radius 1 is 1.09 bits per heavy atom. The number of carbonyl (C=O) groups excluding carboxylic acids is 1. The minimum absolute atomic E-state index is 0.0989. The zero-order chi connectivity index (χ0) is 24.8. The number of benzene rings is 2. The van der Waals surface area contributed by atoms with Crippen LogP contribution in [0.5, 0.6) is 0 Å². The Bertz CT molecular complexity index is 1260. The van der Waals surface area contributed by atoms with Gasteiger partial charge in [-0.25, -0.2) is 19.3 Å². The molecular weight excluding hydrogens is 447 g/mol. The van der Waals surface area contributed by atoms with Crippen LogP contribution in [-0.4, -0.2) is 36.7 Å². The third-order valence-electron chi connectivity index (χ3n) is 5.82. The largest absolute Gasteiger partial charge is 0.550 e. The summed E-state index contributed by atoms with van der Waals surface area (Å²) in [5.41, 5.74) is 3.64. The third kappa shape index (κ3) is 5.96. The molecule has 2 aromatic carbocycles. The van der Waals surface area contributed by atoms with Crippen molar-refractivity contribution in [2.24, 2.45) is 5.92 Å². The fraction of sp³-hybridized carbons (Fsp3) is 0.259. The minimum atomic E-state index is -1.12. The number of hydrogen-bond acceptors (Lipinski definition) is 6. The minimum Gasteiger partial charge on any atom is -0.550 e. The van der Waals surface area contributed by atoms with E-state index in [1.807, 2.05) is 34.9 Å². The molecule has 0 radical (unpaired) electrons. The lowest BCUT2D eigenvalue weighted by Gasteiger charge is -2.19. The second-order valence-electron chi connectivity index (χ2n) is 8.61. The van der Waals surface area contributed by atoms with E-state index in [9.17, 15) is 19.4 Å². The molecule has 0 unspecified atom stereocenters. The summed E-state index contributed by atoms with van der Waals surface area (Å²) in [6, 6.07) is 17.6. The van der Waals surface area contributed by atoms with Gasteiger partial charge in [-0.3, -0.25) is 0 Å². The highest BCUT2D eigenvalue weighted by atomic mass is 19.1. The maximum absolute atomic E-state index is 13.7. The maximum atomic E-state index is 13.7. The second-order valence-corrected chi connectivity index (χ2v) is 8.61. The Balaban J connectivity index is 1.78. The average molecular weight is 474 g/mol. The quantitative estimate of drug-likeness (QED) is 0.376. The summed E-state index contributed by atoms with van der Waals surface area (Å²) in [5.74, 6) is -0.981. The number of carbonyl (C=O) groups is 1. The van der Waals surface area contributed by atoms with Gasteiger partial charge in [-0.05, 0) is 55.5 Å². The maximum Gasteiger partial charge on any atom is 0.141 e. The second kappa shape index (κ2) is 11.0. The summed E-state index contributed by atoms with van der Waals surface area (Å²) >= 11 is 0. The van der Waals surface area contributed by atoms with E-state index < -0.39 is 12.1 Å². The van der Waals surface area contributed by atoms with Gasteiger partial charge < -0.3 is 19.6 Å². The average Bonchev–Trinajstić information content (AvgIpc) is 3.23. The fourth-order valence-corrected chi connectivity index (χ4v) is 4.21. The van der Waals surface area contributed by atoms with Crippen LogP contribution in [0.25, 0.3) is 34.0 Å². The molecule has 2 heterocycles. The highest BCUT2D eigenvalue weighted by molar-refractivity contribution is 5.80. The van der Waals surface area contributed by atoms with Crippen LogP contribution in [0.3, 0.4) is 0 Å². The van der Waals surface area contributed by atoms with Crippen LogP contribution in [0.15, 0.2) is 73.2 Å². The molecule has 2 aromatic heterocycles. The number of imidazole rings is 1. The van der Waals surface area contributed by atoms with Crippen molar-refractivity contribution in [3.05, 3.63) is 79.0 Å². The molecule has 1 N–H and O–H groups in total. The molecule has 35 heavy (non-hydrogen) atoms. The molecular formula is C27H26FN4O3-. The van der Waals surface area contributed by atoms with Gasteiger partial charge in [0.25, 0.3) is 0 Å². The number of nitrogens with zero attached hydrogens (tertiary/aromatic N) is 4. The molecule has 180 valence electrons. The van der Waals surface area contributed by atoms with Crippen molar-refractivity contribution >= 4 is 5.97 Å². The van der Waals surface area contributed by atoms with E-state index in [0.717, 1.165) is 16.8 Å². The summed E-state index contributed by atoms with van der Waals surface area (Å²) in [6.07, 6.45) is 3.03. The lowest BCUT2D eigenvalue weighted by Crippen LogP contribution is -2.26. The lowest BCUT2D eigenvalue weighted by molar-refractivity contribution is -0.306. The molecule has 0 aliphatic heterocycles. The zero-order valence-corrected chi connectivity index (χ0v) is 19.3. The lowest BCUT2D eigenvalue weighted by atomic mass is 9.98. The van der Waals surface area contributed by atoms with Crippen LogP contribution in [0.1, 0.15) is 26.2 Å². The zero-order valence-electron chi connectivity index (χ0n) is 19.3. The molecule has 0 saturated heterocycles. The third-order valence-corrected chi connectivity index (χ3v) is 5.82. The molecule has 0 aliphatic carbocycles. The van der Waals surface area contributed by atoms with Crippen molar-refractivity contribution in [1.82, 2.24) is 19.5 Å². The van der Waals surface area contributed by atoms with Gasteiger partial charge in [0.1, 0.15) is 18.0 Å².